The lowest BCUT2D eigenvalue weighted by Gasteiger charge is -2.15. The number of thioether (sulfide) groups is 1. The molecule has 2 atom stereocenters. The highest BCUT2D eigenvalue weighted by atomic mass is 32.2. The average Bonchev–Trinajstić information content (AvgIpc) is 2.13. The van der Waals surface area contributed by atoms with Crippen molar-refractivity contribution in [2.24, 2.45) is 0 Å². The van der Waals surface area contributed by atoms with E-state index in [1.165, 1.54) is 0 Å². The zero-order valence-electron chi connectivity index (χ0n) is 9.61. The predicted octanol–water partition coefficient (Wildman–Crippen LogP) is 2.87. The van der Waals surface area contributed by atoms with Crippen molar-refractivity contribution >= 4 is 11.8 Å². The maximum Gasteiger partial charge on any atom is 0.121 e. The van der Waals surface area contributed by atoms with Crippen LogP contribution in [0.1, 0.15) is 25.0 Å². The Balaban J connectivity index is 2.88. The summed E-state index contributed by atoms with van der Waals surface area (Å²) in [6.45, 7) is 7.56. The number of benzene rings is 1. The molecule has 0 bridgehead atoms. The van der Waals surface area contributed by atoms with E-state index < -0.39 is 0 Å². The summed E-state index contributed by atoms with van der Waals surface area (Å²) in [5.41, 5.74) is 1.77. The quantitative estimate of drug-likeness (QED) is 0.779. The Kier molecular flexibility index (Phi) is 4.05. The molecule has 0 aliphatic rings. The number of hydrogen-bond acceptors (Lipinski definition) is 3. The van der Waals surface area contributed by atoms with Gasteiger partial charge in [-0.1, -0.05) is 6.92 Å². The number of aliphatic hydroxyl groups excluding tert-OH is 1. The van der Waals surface area contributed by atoms with Gasteiger partial charge in [0.1, 0.15) is 5.75 Å². The van der Waals surface area contributed by atoms with Crippen molar-refractivity contribution in [3.63, 3.8) is 0 Å². The van der Waals surface area contributed by atoms with Crippen molar-refractivity contribution in [2.75, 3.05) is 0 Å². The van der Waals surface area contributed by atoms with Gasteiger partial charge in [-0.3, -0.25) is 0 Å². The zero-order chi connectivity index (χ0) is 11.6. The Bertz CT molecular complexity index is 324. The van der Waals surface area contributed by atoms with Gasteiger partial charge in [-0.15, -0.1) is 11.8 Å². The molecule has 1 aromatic rings. The lowest BCUT2D eigenvalue weighted by molar-refractivity contribution is 0.196. The largest absolute Gasteiger partial charge is 0.507 e. The minimum absolute atomic E-state index is 0.161. The van der Waals surface area contributed by atoms with Crippen LogP contribution in [-0.2, 0) is 0 Å². The van der Waals surface area contributed by atoms with Crippen LogP contribution in [0.25, 0.3) is 0 Å². The molecule has 1 rings (SSSR count). The SMILES string of the molecule is Cc1cc(SC(C)C(C)O)cc(C)c1O. The highest BCUT2D eigenvalue weighted by Gasteiger charge is 2.12. The summed E-state index contributed by atoms with van der Waals surface area (Å²) in [4.78, 5) is 1.09. The molecule has 3 heteroatoms. The van der Waals surface area contributed by atoms with Gasteiger partial charge >= 0.3 is 0 Å². The molecule has 0 saturated carbocycles. The fraction of sp³-hybridized carbons (Fsp3) is 0.500. The van der Waals surface area contributed by atoms with E-state index in [0.717, 1.165) is 16.0 Å². The van der Waals surface area contributed by atoms with Gasteiger partial charge in [0.15, 0.2) is 0 Å². The summed E-state index contributed by atoms with van der Waals surface area (Å²) in [5, 5.41) is 19.2. The summed E-state index contributed by atoms with van der Waals surface area (Å²) < 4.78 is 0. The number of aryl methyl sites for hydroxylation is 2. The molecule has 0 aliphatic heterocycles. The number of phenols is 1. The van der Waals surface area contributed by atoms with Crippen LogP contribution in [0.3, 0.4) is 0 Å². The second-order valence-electron chi connectivity index (χ2n) is 3.97. The Morgan fingerprint density at radius 2 is 1.60 bits per heavy atom. The van der Waals surface area contributed by atoms with Crippen molar-refractivity contribution in [1.29, 1.82) is 0 Å². The summed E-state index contributed by atoms with van der Waals surface area (Å²) in [6, 6.07) is 3.90. The summed E-state index contributed by atoms with van der Waals surface area (Å²) >= 11 is 1.63. The Hall–Kier alpha value is -0.670. The molecular formula is C12H18O2S. The Labute approximate surface area is 95.3 Å². The number of hydrogen-bond donors (Lipinski definition) is 2. The van der Waals surface area contributed by atoms with E-state index in [1.54, 1.807) is 18.7 Å². The third-order valence-electron chi connectivity index (χ3n) is 2.47. The van der Waals surface area contributed by atoms with Gasteiger partial charge in [0.05, 0.1) is 6.10 Å². The number of aromatic hydroxyl groups is 1. The van der Waals surface area contributed by atoms with Crippen LogP contribution >= 0.6 is 11.8 Å². The van der Waals surface area contributed by atoms with Crippen LogP contribution in [-0.4, -0.2) is 21.6 Å². The second-order valence-corrected chi connectivity index (χ2v) is 5.42. The van der Waals surface area contributed by atoms with Crippen molar-refractivity contribution < 1.29 is 10.2 Å². The first-order chi connectivity index (χ1) is 6.91. The molecule has 0 radical (unpaired) electrons. The maximum absolute atomic E-state index is 9.62. The fourth-order valence-corrected chi connectivity index (χ4v) is 2.41. The molecule has 0 fully saturated rings. The molecule has 15 heavy (non-hydrogen) atoms. The normalized spacial score (nSPS) is 15.0. The highest BCUT2D eigenvalue weighted by molar-refractivity contribution is 8.00. The van der Waals surface area contributed by atoms with Crippen molar-refractivity contribution in [3.05, 3.63) is 23.3 Å². The van der Waals surface area contributed by atoms with Gasteiger partial charge in [0.2, 0.25) is 0 Å². The Morgan fingerprint density at radius 1 is 1.13 bits per heavy atom. The minimum atomic E-state index is -0.329. The number of phenolic OH excluding ortho intramolecular Hbond substituents is 1. The third-order valence-corrected chi connectivity index (χ3v) is 3.74. The minimum Gasteiger partial charge on any atom is -0.507 e. The van der Waals surface area contributed by atoms with E-state index in [4.69, 9.17) is 0 Å². The standard InChI is InChI=1S/C12H18O2S/c1-7-5-11(6-8(2)12(7)14)15-10(4)9(3)13/h5-6,9-10,13-14H,1-4H3. The molecule has 0 spiro atoms. The van der Waals surface area contributed by atoms with Crippen LogP contribution < -0.4 is 0 Å². The van der Waals surface area contributed by atoms with E-state index in [0.29, 0.717) is 5.75 Å². The summed E-state index contributed by atoms with van der Waals surface area (Å²) in [7, 11) is 0. The smallest absolute Gasteiger partial charge is 0.121 e. The second kappa shape index (κ2) is 4.90. The summed E-state index contributed by atoms with van der Waals surface area (Å²) in [6.07, 6.45) is -0.329. The van der Waals surface area contributed by atoms with Gasteiger partial charge in [0.25, 0.3) is 0 Å². The predicted molar refractivity (Wildman–Crippen MR) is 64.6 cm³/mol. The molecule has 2 unspecified atom stereocenters. The van der Waals surface area contributed by atoms with E-state index in [2.05, 4.69) is 0 Å². The topological polar surface area (TPSA) is 40.5 Å². The lowest BCUT2D eigenvalue weighted by atomic mass is 10.1. The van der Waals surface area contributed by atoms with Crippen LogP contribution in [0, 0.1) is 13.8 Å². The first kappa shape index (κ1) is 12.4. The van der Waals surface area contributed by atoms with E-state index >= 15 is 0 Å². The molecule has 2 nitrogen and oxygen atoms in total. The molecule has 1 aromatic carbocycles. The van der Waals surface area contributed by atoms with Gasteiger partial charge in [-0.05, 0) is 44.0 Å². The molecule has 0 amide bonds. The molecule has 2 N–H and O–H groups in total. The fourth-order valence-electron chi connectivity index (χ4n) is 1.30. The maximum atomic E-state index is 9.62. The van der Waals surface area contributed by atoms with Gasteiger partial charge < -0.3 is 10.2 Å². The number of rotatable bonds is 3. The monoisotopic (exact) mass is 226 g/mol. The summed E-state index contributed by atoms with van der Waals surface area (Å²) in [5.74, 6) is 0.365. The van der Waals surface area contributed by atoms with Crippen LogP contribution in [0.2, 0.25) is 0 Å². The average molecular weight is 226 g/mol. The van der Waals surface area contributed by atoms with E-state index in [-0.39, 0.29) is 11.4 Å². The molecule has 84 valence electrons. The molecule has 0 aliphatic carbocycles. The van der Waals surface area contributed by atoms with E-state index in [1.807, 2.05) is 32.9 Å². The van der Waals surface area contributed by atoms with Crippen LogP contribution in [0.15, 0.2) is 17.0 Å². The van der Waals surface area contributed by atoms with Gasteiger partial charge in [-0.2, -0.15) is 0 Å². The number of aliphatic hydroxyl groups is 1. The molecular weight excluding hydrogens is 208 g/mol. The first-order valence-corrected chi connectivity index (χ1v) is 5.94. The van der Waals surface area contributed by atoms with Crippen molar-refractivity contribution in [3.8, 4) is 5.75 Å². The molecule has 0 saturated heterocycles. The first-order valence-electron chi connectivity index (χ1n) is 5.06. The zero-order valence-corrected chi connectivity index (χ0v) is 10.4. The highest BCUT2D eigenvalue weighted by Crippen LogP contribution is 2.31. The van der Waals surface area contributed by atoms with Gasteiger partial charge in [0, 0.05) is 10.1 Å². The third kappa shape index (κ3) is 3.14. The van der Waals surface area contributed by atoms with Gasteiger partial charge in [-0.25, -0.2) is 0 Å². The van der Waals surface area contributed by atoms with Crippen LogP contribution in [0.5, 0.6) is 5.75 Å². The van der Waals surface area contributed by atoms with E-state index in [9.17, 15) is 10.2 Å². The van der Waals surface area contributed by atoms with Crippen LogP contribution in [0.4, 0.5) is 0 Å². The lowest BCUT2D eigenvalue weighted by Crippen LogP contribution is -2.14. The van der Waals surface area contributed by atoms with Crippen molar-refractivity contribution in [1.82, 2.24) is 0 Å². The Morgan fingerprint density at radius 3 is 2.00 bits per heavy atom. The molecule has 0 aromatic heterocycles. The van der Waals surface area contributed by atoms with Crippen molar-refractivity contribution in [2.45, 2.75) is 43.9 Å². The molecule has 0 heterocycles.